The van der Waals surface area contributed by atoms with Gasteiger partial charge in [-0.05, 0) is 29.2 Å². The fourth-order valence-corrected chi connectivity index (χ4v) is 3.57. The van der Waals surface area contributed by atoms with E-state index in [0.29, 0.717) is 5.69 Å². The van der Waals surface area contributed by atoms with Gasteiger partial charge in [0, 0.05) is 16.5 Å². The minimum absolute atomic E-state index is 0.0437. The van der Waals surface area contributed by atoms with E-state index in [1.54, 1.807) is 0 Å². The van der Waals surface area contributed by atoms with E-state index in [-0.39, 0.29) is 5.41 Å². The molecule has 2 heteroatoms. The van der Waals surface area contributed by atoms with Gasteiger partial charge < -0.3 is 4.57 Å². The van der Waals surface area contributed by atoms with E-state index in [1.807, 2.05) is 24.3 Å². The molecule has 0 spiro atoms. The van der Waals surface area contributed by atoms with Gasteiger partial charge in [0.2, 0.25) is 0 Å². The molecule has 1 aromatic heterocycles. The van der Waals surface area contributed by atoms with E-state index in [1.165, 1.54) is 27.4 Å². The molecule has 4 rings (SSSR count). The molecule has 0 saturated carbocycles. The molecule has 122 valence electrons. The largest absolute Gasteiger partial charge is 0.309 e. The van der Waals surface area contributed by atoms with Crippen molar-refractivity contribution in [3.05, 3.63) is 83.7 Å². The van der Waals surface area contributed by atoms with E-state index >= 15 is 0 Å². The van der Waals surface area contributed by atoms with Gasteiger partial charge in [-0.3, -0.25) is 0 Å². The molecule has 1 heterocycles. The first-order valence-corrected chi connectivity index (χ1v) is 8.51. The Bertz CT molecular complexity index is 1120. The van der Waals surface area contributed by atoms with Gasteiger partial charge in [-0.25, -0.2) is 4.85 Å². The van der Waals surface area contributed by atoms with Crippen LogP contribution < -0.4 is 0 Å². The highest BCUT2D eigenvalue weighted by Crippen LogP contribution is 2.38. The highest BCUT2D eigenvalue weighted by atomic mass is 15.0. The molecule has 0 unspecified atom stereocenters. The molecule has 4 aromatic rings. The zero-order valence-corrected chi connectivity index (χ0v) is 14.7. The van der Waals surface area contributed by atoms with Crippen LogP contribution in [0.15, 0.2) is 66.7 Å². The Balaban J connectivity index is 2.18. The Hall–Kier alpha value is -3.05. The average Bonchev–Trinajstić information content (AvgIpc) is 2.95. The third-order valence-electron chi connectivity index (χ3n) is 4.74. The predicted octanol–water partition coefficient (Wildman–Crippen LogP) is 6.63. The first-order valence-electron chi connectivity index (χ1n) is 8.51. The maximum absolute atomic E-state index is 7.19. The number of benzene rings is 3. The van der Waals surface area contributed by atoms with Crippen molar-refractivity contribution >= 4 is 27.5 Å². The molecule has 2 nitrogen and oxygen atoms in total. The summed E-state index contributed by atoms with van der Waals surface area (Å²) in [4.78, 5) is 3.52. The number of rotatable bonds is 1. The van der Waals surface area contributed by atoms with Crippen LogP contribution in [0.1, 0.15) is 26.3 Å². The first kappa shape index (κ1) is 15.5. The summed E-state index contributed by atoms with van der Waals surface area (Å²) in [6.45, 7) is 14.0. The Labute approximate surface area is 148 Å². The van der Waals surface area contributed by atoms with Crippen LogP contribution in [0.5, 0.6) is 0 Å². The van der Waals surface area contributed by atoms with Crippen molar-refractivity contribution in [2.45, 2.75) is 26.2 Å². The van der Waals surface area contributed by atoms with Crippen molar-refractivity contribution in [2.75, 3.05) is 0 Å². The maximum atomic E-state index is 7.19. The average molecular weight is 324 g/mol. The molecule has 0 bridgehead atoms. The third-order valence-corrected chi connectivity index (χ3v) is 4.74. The summed E-state index contributed by atoms with van der Waals surface area (Å²) >= 11 is 0. The summed E-state index contributed by atoms with van der Waals surface area (Å²) < 4.78 is 2.33. The molecule has 0 N–H and O–H groups in total. The highest BCUT2D eigenvalue weighted by Gasteiger charge is 2.22. The number of para-hydroxylation sites is 2. The minimum Gasteiger partial charge on any atom is -0.309 e. The Kier molecular flexibility index (Phi) is 3.40. The van der Waals surface area contributed by atoms with Crippen LogP contribution in [0.4, 0.5) is 5.69 Å². The highest BCUT2D eigenvalue weighted by molar-refractivity contribution is 6.10. The quantitative estimate of drug-likeness (QED) is 0.347. The standard InChI is InChI=1S/C23H20N2/c1-23(2,3)20-10-7-9-19-18-8-5-6-11-21(18)25(22(19)20)17-14-12-16(24-4)13-15-17/h5-15H,1-3H3. The maximum Gasteiger partial charge on any atom is 0.187 e. The van der Waals surface area contributed by atoms with Crippen LogP contribution in [0.3, 0.4) is 0 Å². The lowest BCUT2D eigenvalue weighted by Gasteiger charge is -2.22. The zero-order valence-electron chi connectivity index (χ0n) is 14.7. The van der Waals surface area contributed by atoms with Crippen LogP contribution in [-0.4, -0.2) is 4.57 Å². The Morgan fingerprint density at radius 3 is 2.16 bits per heavy atom. The molecule has 0 fully saturated rings. The van der Waals surface area contributed by atoms with Gasteiger partial charge >= 0.3 is 0 Å². The van der Waals surface area contributed by atoms with Gasteiger partial charge in [0.25, 0.3) is 0 Å². The first-order chi connectivity index (χ1) is 12.0. The Morgan fingerprint density at radius 1 is 0.800 bits per heavy atom. The van der Waals surface area contributed by atoms with E-state index in [0.717, 1.165) is 5.69 Å². The smallest absolute Gasteiger partial charge is 0.187 e. The van der Waals surface area contributed by atoms with Crippen molar-refractivity contribution in [3.63, 3.8) is 0 Å². The lowest BCUT2D eigenvalue weighted by atomic mass is 9.85. The second kappa shape index (κ2) is 5.50. The molecule has 0 atom stereocenters. The van der Waals surface area contributed by atoms with Crippen molar-refractivity contribution in [1.29, 1.82) is 0 Å². The van der Waals surface area contributed by atoms with Crippen molar-refractivity contribution in [2.24, 2.45) is 0 Å². The van der Waals surface area contributed by atoms with Crippen LogP contribution in [0.25, 0.3) is 32.3 Å². The number of fused-ring (bicyclic) bond motifs is 3. The van der Waals surface area contributed by atoms with Gasteiger partial charge in [-0.15, -0.1) is 0 Å². The number of aromatic nitrogens is 1. The van der Waals surface area contributed by atoms with Crippen molar-refractivity contribution in [3.8, 4) is 5.69 Å². The van der Waals surface area contributed by atoms with Gasteiger partial charge in [0.1, 0.15) is 0 Å². The Morgan fingerprint density at radius 2 is 1.48 bits per heavy atom. The van der Waals surface area contributed by atoms with E-state index < -0.39 is 0 Å². The summed E-state index contributed by atoms with van der Waals surface area (Å²) in [6.07, 6.45) is 0. The molecule has 0 saturated heterocycles. The summed E-state index contributed by atoms with van der Waals surface area (Å²) in [7, 11) is 0. The summed E-state index contributed by atoms with van der Waals surface area (Å²) in [5.74, 6) is 0. The van der Waals surface area contributed by atoms with E-state index in [4.69, 9.17) is 6.57 Å². The topological polar surface area (TPSA) is 9.29 Å². The zero-order chi connectivity index (χ0) is 17.6. The minimum atomic E-state index is 0.0437. The molecule has 0 radical (unpaired) electrons. The number of nitrogens with zero attached hydrogens (tertiary/aromatic N) is 2. The second-order valence-corrected chi connectivity index (χ2v) is 7.43. The summed E-state index contributed by atoms with van der Waals surface area (Å²) in [6, 6.07) is 23.0. The number of hydrogen-bond acceptors (Lipinski definition) is 0. The molecular formula is C23H20N2. The van der Waals surface area contributed by atoms with Crippen LogP contribution in [0.2, 0.25) is 0 Å². The van der Waals surface area contributed by atoms with E-state index in [2.05, 4.69) is 72.6 Å². The molecular weight excluding hydrogens is 304 g/mol. The van der Waals surface area contributed by atoms with Crippen molar-refractivity contribution in [1.82, 2.24) is 4.57 Å². The fourth-order valence-electron chi connectivity index (χ4n) is 3.57. The van der Waals surface area contributed by atoms with Crippen LogP contribution >= 0.6 is 0 Å². The van der Waals surface area contributed by atoms with E-state index in [9.17, 15) is 0 Å². The molecule has 0 aliphatic carbocycles. The van der Waals surface area contributed by atoms with Crippen molar-refractivity contribution < 1.29 is 0 Å². The molecule has 3 aromatic carbocycles. The van der Waals surface area contributed by atoms with Crippen LogP contribution in [-0.2, 0) is 5.41 Å². The molecule has 0 aliphatic rings. The fraction of sp³-hybridized carbons (Fsp3) is 0.174. The van der Waals surface area contributed by atoms with Gasteiger partial charge in [0.15, 0.2) is 5.69 Å². The number of hydrogen-bond donors (Lipinski definition) is 0. The van der Waals surface area contributed by atoms with Crippen LogP contribution in [0, 0.1) is 6.57 Å². The molecule has 0 aliphatic heterocycles. The van der Waals surface area contributed by atoms with Gasteiger partial charge in [0.05, 0.1) is 17.6 Å². The molecule has 0 amide bonds. The normalized spacial score (nSPS) is 11.8. The summed E-state index contributed by atoms with van der Waals surface area (Å²) in [5.41, 5.74) is 5.59. The van der Waals surface area contributed by atoms with Gasteiger partial charge in [-0.2, -0.15) is 0 Å². The SMILES string of the molecule is [C-]#[N+]c1ccc(-n2c3ccccc3c3cccc(C(C)(C)C)c32)cc1. The predicted molar refractivity (Wildman–Crippen MR) is 106 cm³/mol. The molecule has 25 heavy (non-hydrogen) atoms. The van der Waals surface area contributed by atoms with Gasteiger partial charge in [-0.1, -0.05) is 69.3 Å². The lowest BCUT2D eigenvalue weighted by Crippen LogP contribution is -2.13. The summed E-state index contributed by atoms with van der Waals surface area (Å²) in [5, 5.41) is 2.54. The third kappa shape index (κ3) is 2.40. The second-order valence-electron chi connectivity index (χ2n) is 7.43. The lowest BCUT2D eigenvalue weighted by molar-refractivity contribution is 0.594. The monoisotopic (exact) mass is 324 g/mol.